The number of halogens is 4. The fraction of sp³-hybridized carbons (Fsp3) is 0.442. The third kappa shape index (κ3) is 9.28. The molecule has 288 valence electrons. The number of fused-ring (bicyclic) bond motifs is 3. The SMILES string of the molecule is CCC(C)[C@H](CC(=O)Cc1ccccc1F)C(=O)N[C@]1(C(=O)C[C@H](C(=S)NCc2ccccc2)C(C)CC)CCc2[nH]c3c(C(F)(F)F)cccc3c2C1. The van der Waals surface area contributed by atoms with Gasteiger partial charge in [-0.2, -0.15) is 13.2 Å². The summed E-state index contributed by atoms with van der Waals surface area (Å²) in [5.74, 6) is -3.01. The van der Waals surface area contributed by atoms with Crippen molar-refractivity contribution in [2.24, 2.45) is 23.7 Å². The zero-order valence-corrected chi connectivity index (χ0v) is 32.1. The van der Waals surface area contributed by atoms with Crippen LogP contribution in [0.5, 0.6) is 0 Å². The number of hydrogen-bond acceptors (Lipinski definition) is 4. The fourth-order valence-electron chi connectivity index (χ4n) is 7.61. The molecule has 1 heterocycles. The second-order valence-electron chi connectivity index (χ2n) is 14.9. The smallest absolute Gasteiger partial charge is 0.375 e. The number of rotatable bonds is 16. The Morgan fingerprint density at radius 3 is 2.22 bits per heavy atom. The molecule has 0 fully saturated rings. The fourth-order valence-corrected chi connectivity index (χ4v) is 7.99. The van der Waals surface area contributed by atoms with Crippen LogP contribution in [-0.2, 0) is 46.4 Å². The van der Waals surface area contributed by atoms with Crippen LogP contribution in [-0.4, -0.2) is 33.0 Å². The molecule has 11 heteroatoms. The van der Waals surface area contributed by atoms with E-state index in [9.17, 15) is 31.9 Å². The summed E-state index contributed by atoms with van der Waals surface area (Å²) in [7, 11) is 0. The maximum Gasteiger partial charge on any atom is 0.418 e. The van der Waals surface area contributed by atoms with E-state index in [4.69, 9.17) is 12.2 Å². The predicted molar refractivity (Wildman–Crippen MR) is 207 cm³/mol. The van der Waals surface area contributed by atoms with Crippen LogP contribution in [0.3, 0.4) is 0 Å². The van der Waals surface area contributed by atoms with Gasteiger partial charge in [-0.1, -0.05) is 113 Å². The molecule has 5 atom stereocenters. The molecule has 3 aromatic carbocycles. The topological polar surface area (TPSA) is 91.1 Å². The Labute approximate surface area is 319 Å². The minimum Gasteiger partial charge on any atom is -0.375 e. The van der Waals surface area contributed by atoms with Crippen LogP contribution in [0.1, 0.15) is 87.7 Å². The summed E-state index contributed by atoms with van der Waals surface area (Å²) < 4.78 is 56.7. The molecular formula is C43H49F4N3O3S. The van der Waals surface area contributed by atoms with Crippen LogP contribution in [0.4, 0.5) is 17.6 Å². The maximum atomic E-state index is 14.9. The molecule has 1 aliphatic rings. The second-order valence-corrected chi connectivity index (χ2v) is 15.3. The Morgan fingerprint density at radius 2 is 1.56 bits per heavy atom. The molecule has 0 radical (unpaired) electrons. The lowest BCUT2D eigenvalue weighted by atomic mass is 9.72. The van der Waals surface area contributed by atoms with Crippen molar-refractivity contribution in [2.75, 3.05) is 0 Å². The zero-order valence-electron chi connectivity index (χ0n) is 31.2. The van der Waals surface area contributed by atoms with E-state index in [1.54, 1.807) is 18.2 Å². The number of ketones is 2. The average Bonchev–Trinajstić information content (AvgIpc) is 3.52. The van der Waals surface area contributed by atoms with Crippen LogP contribution < -0.4 is 10.6 Å². The van der Waals surface area contributed by atoms with E-state index < -0.39 is 34.9 Å². The molecular weight excluding hydrogens is 715 g/mol. The van der Waals surface area contributed by atoms with E-state index in [1.807, 2.05) is 58.0 Å². The summed E-state index contributed by atoms with van der Waals surface area (Å²) in [5.41, 5.74) is 0.0810. The van der Waals surface area contributed by atoms with Gasteiger partial charge < -0.3 is 15.6 Å². The number of aromatic nitrogens is 1. The molecule has 1 aromatic heterocycles. The first-order chi connectivity index (χ1) is 25.7. The number of para-hydroxylation sites is 1. The number of aromatic amines is 1. The van der Waals surface area contributed by atoms with Crippen LogP contribution >= 0.6 is 12.2 Å². The van der Waals surface area contributed by atoms with Crippen LogP contribution in [0.2, 0.25) is 0 Å². The van der Waals surface area contributed by atoms with E-state index in [1.165, 1.54) is 18.2 Å². The maximum absolute atomic E-state index is 14.9. The summed E-state index contributed by atoms with van der Waals surface area (Å²) in [4.78, 5) is 46.3. The molecule has 0 aliphatic heterocycles. The van der Waals surface area contributed by atoms with Crippen molar-refractivity contribution in [3.63, 3.8) is 0 Å². The van der Waals surface area contributed by atoms with Crippen molar-refractivity contribution in [2.45, 2.75) is 97.3 Å². The van der Waals surface area contributed by atoms with Gasteiger partial charge in [0, 0.05) is 55.1 Å². The van der Waals surface area contributed by atoms with E-state index >= 15 is 0 Å². The number of Topliss-reactive ketones (excluding diaryl/α,β-unsaturated/α-hetero) is 2. The summed E-state index contributed by atoms with van der Waals surface area (Å²) in [6, 6.07) is 19.7. The van der Waals surface area contributed by atoms with Crippen molar-refractivity contribution in [1.82, 2.24) is 15.6 Å². The first kappa shape index (κ1) is 40.8. The van der Waals surface area contributed by atoms with Gasteiger partial charge in [-0.3, -0.25) is 14.4 Å². The van der Waals surface area contributed by atoms with Crippen molar-refractivity contribution in [1.29, 1.82) is 0 Å². The Kier molecular flexibility index (Phi) is 13.1. The summed E-state index contributed by atoms with van der Waals surface area (Å²) in [6.07, 6.45) is -3.29. The van der Waals surface area contributed by atoms with Crippen molar-refractivity contribution < 1.29 is 31.9 Å². The van der Waals surface area contributed by atoms with E-state index in [0.717, 1.165) is 18.1 Å². The van der Waals surface area contributed by atoms with E-state index in [-0.39, 0.29) is 78.9 Å². The Morgan fingerprint density at radius 1 is 0.889 bits per heavy atom. The summed E-state index contributed by atoms with van der Waals surface area (Å²) in [6.45, 7) is 8.29. The molecule has 1 aliphatic carbocycles. The average molecular weight is 764 g/mol. The minimum atomic E-state index is -4.60. The molecule has 5 rings (SSSR count). The number of aryl methyl sites for hydroxylation is 1. The van der Waals surface area contributed by atoms with Gasteiger partial charge in [0.15, 0.2) is 5.78 Å². The van der Waals surface area contributed by atoms with E-state index in [2.05, 4.69) is 15.6 Å². The highest BCUT2D eigenvalue weighted by atomic mass is 32.1. The molecule has 54 heavy (non-hydrogen) atoms. The van der Waals surface area contributed by atoms with Gasteiger partial charge in [0.1, 0.15) is 17.1 Å². The number of alkyl halides is 3. The normalized spacial score (nSPS) is 17.9. The molecule has 1 amide bonds. The van der Waals surface area contributed by atoms with Gasteiger partial charge in [0.25, 0.3) is 0 Å². The number of nitrogens with one attached hydrogen (secondary N) is 3. The second kappa shape index (κ2) is 17.4. The summed E-state index contributed by atoms with van der Waals surface area (Å²) >= 11 is 5.90. The van der Waals surface area contributed by atoms with Gasteiger partial charge >= 0.3 is 6.18 Å². The number of carbonyl (C=O) groups excluding carboxylic acids is 3. The molecule has 6 nitrogen and oxygen atoms in total. The molecule has 2 unspecified atom stereocenters. The number of benzene rings is 3. The largest absolute Gasteiger partial charge is 0.418 e. The minimum absolute atomic E-state index is 0.00160. The highest BCUT2D eigenvalue weighted by molar-refractivity contribution is 7.80. The molecule has 0 saturated carbocycles. The van der Waals surface area contributed by atoms with Crippen molar-refractivity contribution in [3.05, 3.63) is 107 Å². The number of carbonyl (C=O) groups is 3. The molecule has 0 spiro atoms. The van der Waals surface area contributed by atoms with Crippen molar-refractivity contribution >= 4 is 45.6 Å². The van der Waals surface area contributed by atoms with Crippen LogP contribution in [0.25, 0.3) is 10.9 Å². The van der Waals surface area contributed by atoms with Gasteiger partial charge in [0.2, 0.25) is 5.91 Å². The zero-order chi connectivity index (χ0) is 39.2. The van der Waals surface area contributed by atoms with Gasteiger partial charge in [-0.15, -0.1) is 0 Å². The van der Waals surface area contributed by atoms with Gasteiger partial charge in [-0.25, -0.2) is 4.39 Å². The molecule has 0 bridgehead atoms. The first-order valence-corrected chi connectivity index (χ1v) is 19.2. The van der Waals surface area contributed by atoms with Gasteiger partial charge in [0.05, 0.1) is 16.1 Å². The number of amides is 1. The molecule has 3 N–H and O–H groups in total. The lowest BCUT2D eigenvalue weighted by molar-refractivity contribution is -0.137. The predicted octanol–water partition coefficient (Wildman–Crippen LogP) is 9.27. The first-order valence-electron chi connectivity index (χ1n) is 18.8. The monoisotopic (exact) mass is 763 g/mol. The standard InChI is InChI=1S/C43H49F4N3O3S/c1-5-26(3)32(22-30(51)21-29-15-10-11-18-36(29)44)40(53)50-42(20-19-37-34(24-42)31-16-12-17-35(39(31)49-37)43(45,46)47)38(52)23-33(27(4)6-2)41(54)48-25-28-13-8-7-9-14-28/h7-18,26-27,32-33,49H,5-6,19-25H2,1-4H3,(H,48,54)(H,50,53)/t26?,27?,32-,33-,42+/m0/s1. The third-order valence-electron chi connectivity index (χ3n) is 11.4. The number of thiocarbonyl (C=S) groups is 1. The molecule has 4 aromatic rings. The van der Waals surface area contributed by atoms with Gasteiger partial charge in [-0.05, 0) is 53.5 Å². The molecule has 0 saturated heterocycles. The highest BCUT2D eigenvalue weighted by Crippen LogP contribution is 2.41. The highest BCUT2D eigenvalue weighted by Gasteiger charge is 2.46. The Hall–Kier alpha value is -4.38. The third-order valence-corrected chi connectivity index (χ3v) is 11.8. The van der Waals surface area contributed by atoms with E-state index in [0.29, 0.717) is 34.6 Å². The number of H-pyrrole nitrogens is 1. The quantitative estimate of drug-likeness (QED) is 0.0782. The Balaban J connectivity index is 1.49. The number of hydrogen-bond donors (Lipinski definition) is 3. The lowest BCUT2D eigenvalue weighted by Gasteiger charge is -2.40. The van der Waals surface area contributed by atoms with Crippen LogP contribution in [0.15, 0.2) is 72.8 Å². The Bertz CT molecular complexity index is 1980. The van der Waals surface area contributed by atoms with Crippen molar-refractivity contribution in [3.8, 4) is 0 Å². The summed E-state index contributed by atoms with van der Waals surface area (Å²) in [5, 5.41) is 6.80. The van der Waals surface area contributed by atoms with Crippen LogP contribution in [0, 0.1) is 29.5 Å². The lowest BCUT2D eigenvalue weighted by Crippen LogP contribution is -2.60.